The molecule has 1 spiro atoms. The van der Waals surface area contributed by atoms with E-state index in [0.29, 0.717) is 23.4 Å². The maximum atomic E-state index is 13.3. The summed E-state index contributed by atoms with van der Waals surface area (Å²) in [6.45, 7) is 6.21. The topological polar surface area (TPSA) is 102 Å². The minimum atomic E-state index is -0.859. The largest absolute Gasteiger partial charge is 0.489 e. The Hall–Kier alpha value is -3.92. The van der Waals surface area contributed by atoms with Gasteiger partial charge in [-0.2, -0.15) is 0 Å². The Morgan fingerprint density at radius 3 is 2.66 bits per heavy atom. The molecule has 3 aliphatic rings. The van der Waals surface area contributed by atoms with Gasteiger partial charge in [-0.3, -0.25) is 9.59 Å². The predicted molar refractivity (Wildman–Crippen MR) is 142 cm³/mol. The highest BCUT2D eigenvalue weighted by Crippen LogP contribution is 2.44. The van der Waals surface area contributed by atoms with E-state index in [-0.39, 0.29) is 18.3 Å². The van der Waals surface area contributed by atoms with E-state index in [2.05, 4.69) is 20.3 Å². The first-order valence-electron chi connectivity index (χ1n) is 13.0. The Kier molecular flexibility index (Phi) is 6.27. The fourth-order valence-electron chi connectivity index (χ4n) is 5.43. The number of anilines is 2. The molecule has 2 fully saturated rings. The van der Waals surface area contributed by atoms with E-state index in [0.717, 1.165) is 50.4 Å². The lowest BCUT2D eigenvalue weighted by Gasteiger charge is -2.53. The van der Waals surface area contributed by atoms with Gasteiger partial charge in [0.1, 0.15) is 24.7 Å². The average molecular weight is 517 g/mol. The van der Waals surface area contributed by atoms with E-state index < -0.39 is 11.9 Å². The van der Waals surface area contributed by atoms with Gasteiger partial charge < -0.3 is 24.6 Å². The SMILES string of the molecule is Cc1ccc(Cn2cnc(C(=O)N[C@H]3COc4ccc(N5CC6(CCOCC6)C5)cc4N(C)C3=O)n2)cc1. The Labute approximate surface area is 221 Å². The number of carbonyl (C=O) groups excluding carboxylic acids is 2. The molecule has 0 radical (unpaired) electrons. The molecule has 3 aromatic rings. The highest BCUT2D eigenvalue weighted by molar-refractivity contribution is 6.02. The van der Waals surface area contributed by atoms with Crippen molar-refractivity contribution in [3.63, 3.8) is 0 Å². The number of nitrogens with zero attached hydrogens (tertiary/aromatic N) is 5. The molecule has 0 bridgehead atoms. The fraction of sp³-hybridized carbons (Fsp3) is 0.429. The first-order valence-corrected chi connectivity index (χ1v) is 13.0. The van der Waals surface area contributed by atoms with Crippen molar-refractivity contribution in [1.29, 1.82) is 0 Å². The maximum Gasteiger partial charge on any atom is 0.291 e. The molecule has 38 heavy (non-hydrogen) atoms. The van der Waals surface area contributed by atoms with Crippen LogP contribution in [0.1, 0.15) is 34.6 Å². The monoisotopic (exact) mass is 516 g/mol. The number of rotatable bonds is 5. The molecule has 4 heterocycles. The van der Waals surface area contributed by atoms with Gasteiger partial charge in [-0.15, -0.1) is 5.10 Å². The van der Waals surface area contributed by atoms with E-state index >= 15 is 0 Å². The van der Waals surface area contributed by atoms with Gasteiger partial charge in [-0.25, -0.2) is 9.67 Å². The molecular weight excluding hydrogens is 484 g/mol. The van der Waals surface area contributed by atoms with Crippen LogP contribution < -0.4 is 19.9 Å². The summed E-state index contributed by atoms with van der Waals surface area (Å²) in [7, 11) is 1.71. The van der Waals surface area contributed by atoms with Crippen molar-refractivity contribution in [3.05, 3.63) is 65.7 Å². The van der Waals surface area contributed by atoms with E-state index in [4.69, 9.17) is 9.47 Å². The number of amides is 2. The van der Waals surface area contributed by atoms with Crippen LogP contribution in [0.2, 0.25) is 0 Å². The number of nitrogens with one attached hydrogen (secondary N) is 1. The van der Waals surface area contributed by atoms with Crippen LogP contribution in [0, 0.1) is 12.3 Å². The number of fused-ring (bicyclic) bond motifs is 1. The van der Waals surface area contributed by atoms with Gasteiger partial charge in [0.05, 0.1) is 12.2 Å². The zero-order valence-electron chi connectivity index (χ0n) is 21.7. The molecule has 2 aromatic carbocycles. The van der Waals surface area contributed by atoms with Crippen LogP contribution >= 0.6 is 0 Å². The minimum Gasteiger partial charge on any atom is -0.489 e. The quantitative estimate of drug-likeness (QED) is 0.556. The van der Waals surface area contributed by atoms with Gasteiger partial charge in [0, 0.05) is 44.5 Å². The van der Waals surface area contributed by atoms with Gasteiger partial charge >= 0.3 is 0 Å². The van der Waals surface area contributed by atoms with Gasteiger partial charge in [0.15, 0.2) is 0 Å². The molecule has 3 aliphatic heterocycles. The molecule has 0 aliphatic carbocycles. The average Bonchev–Trinajstić information content (AvgIpc) is 3.35. The number of aryl methyl sites for hydroxylation is 1. The molecule has 10 nitrogen and oxygen atoms in total. The summed E-state index contributed by atoms with van der Waals surface area (Å²) in [6, 6.07) is 13.2. The third kappa shape index (κ3) is 4.71. The van der Waals surface area contributed by atoms with E-state index in [1.54, 1.807) is 16.6 Å². The highest BCUT2D eigenvalue weighted by Gasteiger charge is 2.44. The Morgan fingerprint density at radius 1 is 1.13 bits per heavy atom. The van der Waals surface area contributed by atoms with Gasteiger partial charge in [-0.1, -0.05) is 29.8 Å². The number of carbonyl (C=O) groups is 2. The second kappa shape index (κ2) is 9.75. The standard InChI is InChI=1S/C28H32N6O4/c1-19-3-5-20(6-4-19)14-34-18-29-25(31-34)26(35)30-22-15-38-24-8-7-21(13-23(24)32(2)27(22)36)33-16-28(17-33)9-11-37-12-10-28/h3-8,13,18,22H,9-12,14-17H2,1-2H3,(H,30,35)/t22-/m0/s1. The Morgan fingerprint density at radius 2 is 1.89 bits per heavy atom. The molecule has 1 aromatic heterocycles. The third-order valence-corrected chi connectivity index (χ3v) is 7.82. The van der Waals surface area contributed by atoms with Crippen molar-refractivity contribution in [2.75, 3.05) is 49.8 Å². The van der Waals surface area contributed by atoms with Crippen LogP contribution in [0.15, 0.2) is 48.8 Å². The second-order valence-corrected chi connectivity index (χ2v) is 10.6. The number of aromatic nitrogens is 3. The molecular formula is C28H32N6O4. The van der Waals surface area contributed by atoms with Crippen molar-refractivity contribution in [2.45, 2.75) is 32.4 Å². The molecule has 2 amide bonds. The van der Waals surface area contributed by atoms with Crippen LogP contribution in [0.5, 0.6) is 5.75 Å². The number of likely N-dealkylation sites (N-methyl/N-ethyl adjacent to an activating group) is 1. The normalized spacial score (nSPS) is 20.4. The van der Waals surface area contributed by atoms with Crippen LogP contribution in [0.3, 0.4) is 0 Å². The number of hydrogen-bond donors (Lipinski definition) is 1. The number of ether oxygens (including phenoxy) is 2. The van der Waals surface area contributed by atoms with Crippen LogP contribution in [-0.4, -0.2) is 72.6 Å². The Balaban J connectivity index is 1.10. The smallest absolute Gasteiger partial charge is 0.291 e. The minimum absolute atomic E-state index is 0.0106. The first kappa shape index (κ1) is 24.4. The summed E-state index contributed by atoms with van der Waals surface area (Å²) in [5.74, 6) is -0.144. The van der Waals surface area contributed by atoms with Crippen molar-refractivity contribution < 1.29 is 19.1 Å². The highest BCUT2D eigenvalue weighted by atomic mass is 16.5. The lowest BCUT2D eigenvalue weighted by molar-refractivity contribution is -0.120. The Bertz CT molecular complexity index is 1340. The van der Waals surface area contributed by atoms with Gasteiger partial charge in [-0.05, 0) is 43.5 Å². The molecule has 6 rings (SSSR count). The van der Waals surface area contributed by atoms with E-state index in [1.807, 2.05) is 49.4 Å². The summed E-state index contributed by atoms with van der Waals surface area (Å²) >= 11 is 0. The van der Waals surface area contributed by atoms with Crippen LogP contribution in [0.25, 0.3) is 0 Å². The van der Waals surface area contributed by atoms with Crippen molar-refractivity contribution in [2.24, 2.45) is 5.41 Å². The third-order valence-electron chi connectivity index (χ3n) is 7.82. The summed E-state index contributed by atoms with van der Waals surface area (Å²) in [5, 5.41) is 7.06. The van der Waals surface area contributed by atoms with Gasteiger partial charge in [0.25, 0.3) is 11.8 Å². The molecule has 2 saturated heterocycles. The number of benzene rings is 2. The number of hydrogen-bond acceptors (Lipinski definition) is 7. The van der Waals surface area contributed by atoms with E-state index in [9.17, 15) is 9.59 Å². The molecule has 0 saturated carbocycles. The summed E-state index contributed by atoms with van der Waals surface area (Å²) in [5.41, 5.74) is 4.34. The zero-order chi connectivity index (χ0) is 26.3. The van der Waals surface area contributed by atoms with Crippen LogP contribution in [0.4, 0.5) is 11.4 Å². The molecule has 198 valence electrons. The lowest BCUT2D eigenvalue weighted by Crippen LogP contribution is -2.58. The summed E-state index contributed by atoms with van der Waals surface area (Å²) in [6.07, 6.45) is 3.71. The van der Waals surface area contributed by atoms with Crippen LogP contribution in [-0.2, 0) is 16.1 Å². The van der Waals surface area contributed by atoms with Crippen molar-refractivity contribution in [3.8, 4) is 5.75 Å². The van der Waals surface area contributed by atoms with Crippen molar-refractivity contribution in [1.82, 2.24) is 20.1 Å². The molecule has 0 unspecified atom stereocenters. The lowest BCUT2D eigenvalue weighted by atomic mass is 9.73. The molecule has 1 N–H and O–H groups in total. The fourth-order valence-corrected chi connectivity index (χ4v) is 5.43. The summed E-state index contributed by atoms with van der Waals surface area (Å²) in [4.78, 5) is 34.3. The van der Waals surface area contributed by atoms with Gasteiger partial charge in [0.2, 0.25) is 5.82 Å². The summed E-state index contributed by atoms with van der Waals surface area (Å²) < 4.78 is 13.1. The predicted octanol–water partition coefficient (Wildman–Crippen LogP) is 2.41. The zero-order valence-corrected chi connectivity index (χ0v) is 21.7. The van der Waals surface area contributed by atoms with Crippen molar-refractivity contribution >= 4 is 23.2 Å². The second-order valence-electron chi connectivity index (χ2n) is 10.6. The molecule has 10 heteroatoms. The van der Waals surface area contributed by atoms with E-state index in [1.165, 1.54) is 11.9 Å². The first-order chi connectivity index (χ1) is 18.4. The maximum absolute atomic E-state index is 13.3. The molecule has 1 atom stereocenters.